The number of aryl methyl sites for hydroxylation is 1. The van der Waals surface area contributed by atoms with Gasteiger partial charge in [0.05, 0.1) is 17.6 Å². The topological polar surface area (TPSA) is 50.1 Å². The number of benzene rings is 1. The SMILES string of the molecule is Cc1ccc(C#N)c(C)c1COC(=O)[C@H]1[C@@H](C=C(Cl)C(F)(F)F)C1(C)C. The van der Waals surface area contributed by atoms with Crippen molar-refractivity contribution in [2.24, 2.45) is 17.3 Å². The Morgan fingerprint density at radius 3 is 2.54 bits per heavy atom. The molecule has 1 aromatic carbocycles. The van der Waals surface area contributed by atoms with E-state index in [-0.39, 0.29) is 6.61 Å². The fourth-order valence-electron chi connectivity index (χ4n) is 3.16. The van der Waals surface area contributed by atoms with Crippen molar-refractivity contribution in [1.29, 1.82) is 5.26 Å². The standard InChI is InChI=1S/C19H19ClF3NO2/c1-10-5-6-12(8-24)11(2)13(10)9-26-17(25)16-14(18(16,3)4)7-15(20)19(21,22)23/h5-7,14,16H,9H2,1-4H3/t14-,16-/m1/s1. The van der Waals surface area contributed by atoms with Crippen LogP contribution in [0.1, 0.15) is 36.1 Å². The summed E-state index contributed by atoms with van der Waals surface area (Å²) in [7, 11) is 0. The molecule has 1 saturated carbocycles. The van der Waals surface area contributed by atoms with E-state index in [0.29, 0.717) is 5.56 Å². The molecular formula is C19H19ClF3NO2. The molecule has 1 aliphatic carbocycles. The van der Waals surface area contributed by atoms with Gasteiger partial charge >= 0.3 is 12.1 Å². The van der Waals surface area contributed by atoms with Crippen LogP contribution < -0.4 is 0 Å². The quantitative estimate of drug-likeness (QED) is 0.671. The zero-order valence-electron chi connectivity index (χ0n) is 14.9. The molecule has 0 N–H and O–H groups in total. The summed E-state index contributed by atoms with van der Waals surface area (Å²) in [5.41, 5.74) is 2.18. The van der Waals surface area contributed by atoms with Crippen LogP contribution in [0.4, 0.5) is 13.2 Å². The number of halogens is 4. The zero-order valence-corrected chi connectivity index (χ0v) is 15.6. The van der Waals surface area contributed by atoms with E-state index in [1.807, 2.05) is 6.92 Å². The molecule has 140 valence electrons. The first-order chi connectivity index (χ1) is 11.9. The number of ether oxygens (including phenoxy) is 1. The zero-order chi connectivity index (χ0) is 19.9. The van der Waals surface area contributed by atoms with Crippen molar-refractivity contribution in [3.05, 3.63) is 45.5 Å². The number of esters is 1. The normalized spacial score (nSPS) is 21.9. The Labute approximate surface area is 155 Å². The van der Waals surface area contributed by atoms with E-state index in [0.717, 1.165) is 22.8 Å². The fourth-order valence-corrected chi connectivity index (χ4v) is 3.30. The van der Waals surface area contributed by atoms with Gasteiger partial charge in [-0.3, -0.25) is 4.79 Å². The molecule has 0 saturated heterocycles. The van der Waals surface area contributed by atoms with E-state index in [1.165, 1.54) is 0 Å². The second-order valence-electron chi connectivity index (χ2n) is 7.09. The highest BCUT2D eigenvalue weighted by molar-refractivity contribution is 6.30. The van der Waals surface area contributed by atoms with Gasteiger partial charge in [-0.2, -0.15) is 18.4 Å². The summed E-state index contributed by atoms with van der Waals surface area (Å²) in [4.78, 5) is 12.4. The Bertz CT molecular complexity index is 806. The lowest BCUT2D eigenvalue weighted by Crippen LogP contribution is -2.12. The van der Waals surface area contributed by atoms with Gasteiger partial charge < -0.3 is 4.74 Å². The molecule has 0 radical (unpaired) electrons. The largest absolute Gasteiger partial charge is 0.461 e. The Morgan fingerprint density at radius 1 is 1.38 bits per heavy atom. The summed E-state index contributed by atoms with van der Waals surface area (Å²) < 4.78 is 43.2. The molecule has 0 aromatic heterocycles. The number of alkyl halides is 3. The Morgan fingerprint density at radius 2 is 2.00 bits per heavy atom. The van der Waals surface area contributed by atoms with Gasteiger partial charge in [0.15, 0.2) is 0 Å². The maximum atomic E-state index is 12.6. The predicted octanol–water partition coefficient (Wildman–Crippen LogP) is 5.18. The molecule has 0 bridgehead atoms. The number of carbonyl (C=O) groups excluding carboxylic acids is 1. The Hall–Kier alpha value is -2.00. The summed E-state index contributed by atoms with van der Waals surface area (Å²) in [5, 5.41) is 7.87. The third kappa shape index (κ3) is 3.88. The number of rotatable bonds is 4. The molecule has 0 amide bonds. The third-order valence-electron chi connectivity index (χ3n) is 5.07. The van der Waals surface area contributed by atoms with Gasteiger partial charge in [-0.15, -0.1) is 0 Å². The van der Waals surface area contributed by atoms with Crippen LogP contribution in [0.15, 0.2) is 23.2 Å². The van der Waals surface area contributed by atoms with Gasteiger partial charge in [0.1, 0.15) is 11.6 Å². The second-order valence-corrected chi connectivity index (χ2v) is 7.50. The van der Waals surface area contributed by atoms with Gasteiger partial charge in [0, 0.05) is 0 Å². The predicted molar refractivity (Wildman–Crippen MR) is 91.2 cm³/mol. The van der Waals surface area contributed by atoms with Gasteiger partial charge in [0.2, 0.25) is 0 Å². The van der Waals surface area contributed by atoms with Gasteiger partial charge in [-0.25, -0.2) is 0 Å². The Balaban J connectivity index is 2.12. The highest BCUT2D eigenvalue weighted by Crippen LogP contribution is 2.60. The molecule has 0 aliphatic heterocycles. The van der Waals surface area contributed by atoms with Gasteiger partial charge in [0.25, 0.3) is 0 Å². The molecular weight excluding hydrogens is 367 g/mol. The van der Waals surface area contributed by atoms with Crippen LogP contribution >= 0.6 is 11.6 Å². The van der Waals surface area contributed by atoms with Crippen LogP contribution in [0.25, 0.3) is 0 Å². The first-order valence-electron chi connectivity index (χ1n) is 8.01. The van der Waals surface area contributed by atoms with E-state index in [9.17, 15) is 18.0 Å². The Kier molecular flexibility index (Phi) is 5.44. The van der Waals surface area contributed by atoms with E-state index in [4.69, 9.17) is 21.6 Å². The molecule has 2 atom stereocenters. The average Bonchev–Trinajstić information content (AvgIpc) is 3.06. The van der Waals surface area contributed by atoms with Crippen LogP contribution in [-0.2, 0) is 16.1 Å². The van der Waals surface area contributed by atoms with E-state index in [2.05, 4.69) is 6.07 Å². The second kappa shape index (κ2) is 6.96. The highest BCUT2D eigenvalue weighted by atomic mass is 35.5. The fraction of sp³-hybridized carbons (Fsp3) is 0.474. The maximum absolute atomic E-state index is 12.6. The third-order valence-corrected chi connectivity index (χ3v) is 5.41. The monoisotopic (exact) mass is 385 g/mol. The number of nitrogens with zero attached hydrogens (tertiary/aromatic N) is 1. The first-order valence-corrected chi connectivity index (χ1v) is 8.39. The molecule has 26 heavy (non-hydrogen) atoms. The average molecular weight is 386 g/mol. The minimum Gasteiger partial charge on any atom is -0.461 e. The van der Waals surface area contributed by atoms with Crippen molar-refractivity contribution in [3.63, 3.8) is 0 Å². The van der Waals surface area contributed by atoms with Crippen molar-refractivity contribution in [2.45, 2.75) is 40.5 Å². The molecule has 3 nitrogen and oxygen atoms in total. The molecule has 0 heterocycles. The lowest BCUT2D eigenvalue weighted by Gasteiger charge is -2.12. The number of allylic oxidation sites excluding steroid dienone is 2. The van der Waals surface area contributed by atoms with Crippen molar-refractivity contribution < 1.29 is 22.7 Å². The lowest BCUT2D eigenvalue weighted by atomic mass is 9.99. The van der Waals surface area contributed by atoms with Crippen LogP contribution in [0.2, 0.25) is 0 Å². The summed E-state index contributed by atoms with van der Waals surface area (Å²) in [6, 6.07) is 5.53. The molecule has 1 aromatic rings. The minimum absolute atomic E-state index is 0.0258. The summed E-state index contributed by atoms with van der Waals surface area (Å²) >= 11 is 5.29. The van der Waals surface area contributed by atoms with Crippen LogP contribution in [0.3, 0.4) is 0 Å². The number of carbonyl (C=O) groups is 1. The highest BCUT2D eigenvalue weighted by Gasteiger charge is 2.62. The molecule has 1 fully saturated rings. The molecule has 2 rings (SSSR count). The van der Waals surface area contributed by atoms with Gasteiger partial charge in [-0.05, 0) is 47.9 Å². The minimum atomic E-state index is -4.62. The van der Waals surface area contributed by atoms with Crippen molar-refractivity contribution in [1.82, 2.24) is 0 Å². The number of nitriles is 1. The molecule has 0 spiro atoms. The van der Waals surface area contributed by atoms with Crippen molar-refractivity contribution in [2.75, 3.05) is 0 Å². The van der Waals surface area contributed by atoms with E-state index < -0.39 is 34.4 Å². The number of hydrogen-bond acceptors (Lipinski definition) is 3. The molecule has 0 unspecified atom stereocenters. The van der Waals surface area contributed by atoms with Crippen LogP contribution in [0, 0.1) is 42.4 Å². The van der Waals surface area contributed by atoms with E-state index in [1.54, 1.807) is 32.9 Å². The van der Waals surface area contributed by atoms with Crippen LogP contribution in [0.5, 0.6) is 0 Å². The summed E-state index contributed by atoms with van der Waals surface area (Å²) in [6.07, 6.45) is -3.74. The first kappa shape index (κ1) is 20.3. The van der Waals surface area contributed by atoms with Crippen molar-refractivity contribution >= 4 is 17.6 Å². The van der Waals surface area contributed by atoms with Gasteiger partial charge in [-0.1, -0.05) is 37.6 Å². The molecule has 7 heteroatoms. The molecule has 1 aliphatic rings. The summed E-state index contributed by atoms with van der Waals surface area (Å²) in [5.74, 6) is -1.88. The van der Waals surface area contributed by atoms with Crippen molar-refractivity contribution in [3.8, 4) is 6.07 Å². The maximum Gasteiger partial charge on any atom is 0.426 e. The van der Waals surface area contributed by atoms with Crippen LogP contribution in [-0.4, -0.2) is 12.1 Å². The number of hydrogen-bond donors (Lipinski definition) is 0. The smallest absolute Gasteiger partial charge is 0.426 e. The van der Waals surface area contributed by atoms with E-state index >= 15 is 0 Å². The summed E-state index contributed by atoms with van der Waals surface area (Å²) in [6.45, 7) is 6.99. The lowest BCUT2D eigenvalue weighted by molar-refractivity contribution is -0.147.